The number of aryl methyl sites for hydroxylation is 1. The van der Waals surface area contributed by atoms with E-state index in [0.29, 0.717) is 11.1 Å². The van der Waals surface area contributed by atoms with Crippen molar-refractivity contribution < 1.29 is 4.74 Å². The number of benzene rings is 1. The van der Waals surface area contributed by atoms with Crippen molar-refractivity contribution in [3.8, 4) is 5.75 Å². The molecule has 0 aliphatic heterocycles. The smallest absolute Gasteiger partial charge is 0.122 e. The maximum Gasteiger partial charge on any atom is 0.122 e. The summed E-state index contributed by atoms with van der Waals surface area (Å²) in [6.45, 7) is 10.5. The first-order chi connectivity index (χ1) is 9.88. The molecule has 0 amide bonds. The van der Waals surface area contributed by atoms with Gasteiger partial charge >= 0.3 is 0 Å². The van der Waals surface area contributed by atoms with Gasteiger partial charge in [0, 0.05) is 5.56 Å². The summed E-state index contributed by atoms with van der Waals surface area (Å²) < 4.78 is 5.49. The van der Waals surface area contributed by atoms with Crippen LogP contribution in [0.2, 0.25) is 0 Å². The quantitative estimate of drug-likeness (QED) is 0.618. The molecule has 1 aromatic carbocycles. The third-order valence-electron chi connectivity index (χ3n) is 3.33. The van der Waals surface area contributed by atoms with Crippen LogP contribution in [0.3, 0.4) is 0 Å². The van der Waals surface area contributed by atoms with Gasteiger partial charge in [0.25, 0.3) is 0 Å². The van der Waals surface area contributed by atoms with E-state index in [0.717, 1.165) is 29.9 Å². The number of hydrogen-bond acceptors (Lipinski definition) is 2. The van der Waals surface area contributed by atoms with Gasteiger partial charge in [0.1, 0.15) is 10.9 Å². The summed E-state index contributed by atoms with van der Waals surface area (Å²) in [4.78, 5) is 4.54. The lowest BCUT2D eigenvalue weighted by Crippen LogP contribution is -1.97. The number of aliphatic imine (C=N–C) groups is 1. The highest BCUT2D eigenvalue weighted by Gasteiger charge is 2.10. The van der Waals surface area contributed by atoms with Gasteiger partial charge in [-0.05, 0) is 49.8 Å². The van der Waals surface area contributed by atoms with Gasteiger partial charge in [-0.2, -0.15) is 0 Å². The minimum Gasteiger partial charge on any atom is -0.496 e. The molecule has 116 valence electrons. The maximum absolute atomic E-state index is 6.02. The Morgan fingerprint density at radius 1 is 1.29 bits per heavy atom. The average molecular weight is 308 g/mol. The topological polar surface area (TPSA) is 21.6 Å². The third-order valence-corrected chi connectivity index (χ3v) is 3.41. The molecule has 0 saturated carbocycles. The first-order valence-electron chi connectivity index (χ1n) is 7.46. The predicted octanol–water partition coefficient (Wildman–Crippen LogP) is 5.69. The number of allylic oxidation sites excluding steroid dienone is 1. The number of ether oxygens (including phenoxy) is 1. The molecule has 0 radical (unpaired) electrons. The van der Waals surface area contributed by atoms with E-state index in [1.54, 1.807) is 7.11 Å². The van der Waals surface area contributed by atoms with Crippen LogP contribution in [0.5, 0.6) is 5.75 Å². The first kappa shape index (κ1) is 17.8. The van der Waals surface area contributed by atoms with Crippen LogP contribution in [0.25, 0.3) is 5.70 Å². The van der Waals surface area contributed by atoms with Gasteiger partial charge in [-0.15, -0.1) is 0 Å². The van der Waals surface area contributed by atoms with E-state index in [4.69, 9.17) is 16.3 Å². The van der Waals surface area contributed by atoms with Gasteiger partial charge in [0.05, 0.1) is 12.8 Å². The highest BCUT2D eigenvalue weighted by atomic mass is 35.5. The molecule has 0 heterocycles. The van der Waals surface area contributed by atoms with Crippen molar-refractivity contribution in [1.29, 1.82) is 0 Å². The molecule has 21 heavy (non-hydrogen) atoms. The standard InChI is InChI=1S/C18H26ClNO/c1-7-15-8-9-16(11-17(15)21-6)18(20-14(5)19)13(4)10-12(2)3/h8-9,11-12H,7,10H2,1-6H3/b18-13+,20-14+. The highest BCUT2D eigenvalue weighted by molar-refractivity contribution is 6.65. The van der Waals surface area contributed by atoms with Gasteiger partial charge in [-0.25, -0.2) is 4.99 Å². The molecule has 1 aromatic rings. The first-order valence-corrected chi connectivity index (χ1v) is 7.84. The second kappa shape index (κ2) is 8.23. The van der Waals surface area contributed by atoms with E-state index in [2.05, 4.69) is 50.9 Å². The van der Waals surface area contributed by atoms with Crippen LogP contribution < -0.4 is 4.74 Å². The van der Waals surface area contributed by atoms with Crippen molar-refractivity contribution in [1.82, 2.24) is 0 Å². The maximum atomic E-state index is 6.02. The van der Waals surface area contributed by atoms with Gasteiger partial charge < -0.3 is 4.74 Å². The minimum atomic E-state index is 0.548. The van der Waals surface area contributed by atoms with Gasteiger partial charge in [-0.1, -0.05) is 44.5 Å². The van der Waals surface area contributed by atoms with Crippen molar-refractivity contribution in [3.63, 3.8) is 0 Å². The van der Waals surface area contributed by atoms with Crippen LogP contribution in [0.15, 0.2) is 28.8 Å². The van der Waals surface area contributed by atoms with Crippen molar-refractivity contribution in [3.05, 3.63) is 34.9 Å². The van der Waals surface area contributed by atoms with Crippen LogP contribution >= 0.6 is 11.6 Å². The van der Waals surface area contributed by atoms with Gasteiger partial charge in [0.15, 0.2) is 0 Å². The summed E-state index contributed by atoms with van der Waals surface area (Å²) in [5.41, 5.74) is 4.46. The van der Waals surface area contributed by atoms with Gasteiger partial charge in [-0.3, -0.25) is 0 Å². The Balaban J connectivity index is 3.37. The molecular weight excluding hydrogens is 282 g/mol. The average Bonchev–Trinajstić information content (AvgIpc) is 2.43. The summed E-state index contributed by atoms with van der Waals surface area (Å²) in [7, 11) is 1.71. The Kier molecular flexibility index (Phi) is 6.97. The molecule has 0 bridgehead atoms. The van der Waals surface area contributed by atoms with Crippen molar-refractivity contribution in [2.24, 2.45) is 10.9 Å². The van der Waals surface area contributed by atoms with Gasteiger partial charge in [0.2, 0.25) is 0 Å². The van der Waals surface area contributed by atoms with E-state index in [1.165, 1.54) is 11.1 Å². The zero-order valence-electron chi connectivity index (χ0n) is 14.0. The van der Waals surface area contributed by atoms with E-state index in [1.807, 2.05) is 6.92 Å². The third kappa shape index (κ3) is 5.20. The Bertz CT molecular complexity index is 540. The largest absolute Gasteiger partial charge is 0.496 e. The zero-order chi connectivity index (χ0) is 16.0. The Morgan fingerprint density at radius 3 is 2.43 bits per heavy atom. The lowest BCUT2D eigenvalue weighted by atomic mass is 9.98. The van der Waals surface area contributed by atoms with Crippen molar-refractivity contribution in [2.75, 3.05) is 7.11 Å². The molecule has 0 N–H and O–H groups in total. The molecule has 0 fully saturated rings. The monoisotopic (exact) mass is 307 g/mol. The molecule has 0 spiro atoms. The molecule has 0 aromatic heterocycles. The minimum absolute atomic E-state index is 0.548. The molecular formula is C18H26ClNO. The normalized spacial score (nSPS) is 13.4. The van der Waals surface area contributed by atoms with Crippen LogP contribution in [-0.4, -0.2) is 12.3 Å². The fourth-order valence-corrected chi connectivity index (χ4v) is 2.54. The number of halogens is 1. The number of methoxy groups -OCH3 is 1. The van der Waals surface area contributed by atoms with Crippen LogP contribution in [0.4, 0.5) is 0 Å². The Morgan fingerprint density at radius 2 is 1.95 bits per heavy atom. The summed E-state index contributed by atoms with van der Waals surface area (Å²) in [5.74, 6) is 1.50. The summed E-state index contributed by atoms with van der Waals surface area (Å²) in [6.07, 6.45) is 1.95. The van der Waals surface area contributed by atoms with Crippen molar-refractivity contribution >= 4 is 22.5 Å². The second-order valence-electron chi connectivity index (χ2n) is 5.72. The zero-order valence-corrected chi connectivity index (χ0v) is 14.7. The molecule has 0 saturated heterocycles. The SMILES string of the molecule is CCc1ccc(C(/N=C(\C)Cl)=C(/C)CC(C)C)cc1OC. The lowest BCUT2D eigenvalue weighted by Gasteiger charge is -2.14. The van der Waals surface area contributed by atoms with Crippen molar-refractivity contribution in [2.45, 2.75) is 47.5 Å². The van der Waals surface area contributed by atoms with E-state index >= 15 is 0 Å². The second-order valence-corrected chi connectivity index (χ2v) is 6.26. The summed E-state index contributed by atoms with van der Waals surface area (Å²) in [5, 5.41) is 0.548. The Labute approximate surface area is 133 Å². The van der Waals surface area contributed by atoms with E-state index < -0.39 is 0 Å². The predicted molar refractivity (Wildman–Crippen MR) is 93.4 cm³/mol. The fraction of sp³-hybridized carbons (Fsp3) is 0.500. The molecule has 1 rings (SSSR count). The lowest BCUT2D eigenvalue weighted by molar-refractivity contribution is 0.410. The van der Waals surface area contributed by atoms with E-state index in [-0.39, 0.29) is 0 Å². The molecule has 0 atom stereocenters. The molecule has 2 nitrogen and oxygen atoms in total. The fourth-order valence-electron chi connectivity index (χ4n) is 2.45. The molecule has 0 aliphatic carbocycles. The van der Waals surface area contributed by atoms with Crippen LogP contribution in [0.1, 0.15) is 52.2 Å². The molecule has 3 heteroatoms. The number of hydrogen-bond donors (Lipinski definition) is 0. The molecule has 0 aliphatic rings. The Hall–Kier alpha value is -1.28. The van der Waals surface area contributed by atoms with E-state index in [9.17, 15) is 0 Å². The highest BCUT2D eigenvalue weighted by Crippen LogP contribution is 2.30. The summed E-state index contributed by atoms with van der Waals surface area (Å²) >= 11 is 6.02. The number of nitrogens with zero attached hydrogens (tertiary/aromatic N) is 1. The summed E-state index contributed by atoms with van der Waals surface area (Å²) in [6, 6.07) is 6.26. The molecule has 0 unspecified atom stereocenters. The van der Waals surface area contributed by atoms with Crippen LogP contribution in [-0.2, 0) is 6.42 Å². The van der Waals surface area contributed by atoms with Crippen LogP contribution in [0, 0.1) is 5.92 Å². The number of rotatable bonds is 6.